The van der Waals surface area contributed by atoms with Gasteiger partial charge in [-0.15, -0.1) is 0 Å². The fourth-order valence-electron chi connectivity index (χ4n) is 3.61. The Kier molecular flexibility index (Phi) is 3.78. The highest BCUT2D eigenvalue weighted by Gasteiger charge is 2.31. The van der Waals surface area contributed by atoms with E-state index in [1.165, 1.54) is 50.6 Å². The Morgan fingerprint density at radius 1 is 1.28 bits per heavy atom. The first-order chi connectivity index (χ1) is 8.74. The van der Waals surface area contributed by atoms with Gasteiger partial charge in [0.15, 0.2) is 0 Å². The summed E-state index contributed by atoms with van der Waals surface area (Å²) in [5.74, 6) is 1.61. The summed E-state index contributed by atoms with van der Waals surface area (Å²) >= 11 is 3.79. The van der Waals surface area contributed by atoms with Gasteiger partial charge in [-0.2, -0.15) is 5.10 Å². The van der Waals surface area contributed by atoms with Crippen molar-refractivity contribution in [2.24, 2.45) is 11.8 Å². The van der Waals surface area contributed by atoms with E-state index < -0.39 is 0 Å². The molecule has 2 nitrogen and oxygen atoms in total. The van der Waals surface area contributed by atoms with Crippen LogP contribution in [0.25, 0.3) is 0 Å². The highest BCUT2D eigenvalue weighted by Crippen LogP contribution is 2.38. The Morgan fingerprint density at radius 2 is 2.06 bits per heavy atom. The van der Waals surface area contributed by atoms with E-state index in [0.29, 0.717) is 6.04 Å². The van der Waals surface area contributed by atoms with E-state index in [4.69, 9.17) is 5.10 Å². The van der Waals surface area contributed by atoms with Crippen LogP contribution in [-0.2, 0) is 6.42 Å². The van der Waals surface area contributed by atoms with Gasteiger partial charge in [-0.05, 0) is 50.0 Å². The van der Waals surface area contributed by atoms with Crippen molar-refractivity contribution in [3.8, 4) is 0 Å². The second-order valence-electron chi connectivity index (χ2n) is 6.14. The van der Waals surface area contributed by atoms with Crippen LogP contribution in [-0.4, -0.2) is 14.6 Å². The molecule has 3 unspecified atom stereocenters. The maximum Gasteiger partial charge on any atom is 0.0627 e. The van der Waals surface area contributed by atoms with Crippen molar-refractivity contribution in [1.29, 1.82) is 0 Å². The fraction of sp³-hybridized carbons (Fsp3) is 0.800. The molecule has 0 saturated heterocycles. The molecular weight excluding hydrogens is 288 g/mol. The van der Waals surface area contributed by atoms with Gasteiger partial charge in [-0.3, -0.25) is 4.68 Å². The van der Waals surface area contributed by atoms with E-state index in [-0.39, 0.29) is 0 Å². The van der Waals surface area contributed by atoms with Gasteiger partial charge in [-0.1, -0.05) is 35.7 Å². The quantitative estimate of drug-likeness (QED) is 0.759. The Morgan fingerprint density at radius 3 is 2.72 bits per heavy atom. The van der Waals surface area contributed by atoms with Crippen molar-refractivity contribution < 1.29 is 0 Å². The summed E-state index contributed by atoms with van der Waals surface area (Å²) in [6.07, 6.45) is 11.5. The summed E-state index contributed by atoms with van der Waals surface area (Å²) in [6, 6.07) is 2.93. The summed E-state index contributed by atoms with van der Waals surface area (Å²) in [4.78, 5) is 0.722. The van der Waals surface area contributed by atoms with Crippen molar-refractivity contribution in [2.45, 2.75) is 62.7 Å². The van der Waals surface area contributed by atoms with Gasteiger partial charge in [-0.25, -0.2) is 0 Å². The summed E-state index contributed by atoms with van der Waals surface area (Å²) in [5.41, 5.74) is 1.31. The molecule has 0 aromatic carbocycles. The predicted octanol–water partition coefficient (Wildman–Crippen LogP) is 4.35. The number of hydrogen-bond acceptors (Lipinski definition) is 1. The maximum atomic E-state index is 4.82. The highest BCUT2D eigenvalue weighted by molar-refractivity contribution is 9.09. The van der Waals surface area contributed by atoms with E-state index in [1.807, 2.05) is 0 Å². The van der Waals surface area contributed by atoms with Gasteiger partial charge in [0.05, 0.1) is 11.7 Å². The lowest BCUT2D eigenvalue weighted by molar-refractivity contribution is 0.410. The fourth-order valence-corrected chi connectivity index (χ4v) is 4.31. The van der Waals surface area contributed by atoms with E-state index in [1.54, 1.807) is 0 Å². The normalized spacial score (nSPS) is 33.3. The summed E-state index contributed by atoms with van der Waals surface area (Å²) in [5, 5.41) is 4.82. The Bertz CT molecular complexity index is 395. The van der Waals surface area contributed by atoms with Crippen molar-refractivity contribution in [3.63, 3.8) is 0 Å². The summed E-state index contributed by atoms with van der Waals surface area (Å²) in [6.45, 7) is 2.38. The highest BCUT2D eigenvalue weighted by atomic mass is 79.9. The molecule has 3 rings (SSSR count). The zero-order valence-electron chi connectivity index (χ0n) is 11.2. The summed E-state index contributed by atoms with van der Waals surface area (Å²) in [7, 11) is 0. The van der Waals surface area contributed by atoms with Crippen LogP contribution in [0.4, 0.5) is 0 Å². The van der Waals surface area contributed by atoms with Gasteiger partial charge >= 0.3 is 0 Å². The molecule has 2 saturated carbocycles. The van der Waals surface area contributed by atoms with Crippen molar-refractivity contribution in [1.82, 2.24) is 9.78 Å². The molecule has 3 heteroatoms. The number of nitrogens with zero attached hydrogens (tertiary/aromatic N) is 2. The van der Waals surface area contributed by atoms with Gasteiger partial charge in [0, 0.05) is 11.0 Å². The third kappa shape index (κ3) is 2.52. The van der Waals surface area contributed by atoms with Crippen molar-refractivity contribution >= 4 is 15.9 Å². The molecule has 2 aliphatic rings. The molecule has 3 atom stereocenters. The monoisotopic (exact) mass is 310 g/mol. The first-order valence-corrected chi connectivity index (χ1v) is 8.33. The van der Waals surface area contributed by atoms with E-state index in [0.717, 1.165) is 16.7 Å². The van der Waals surface area contributed by atoms with Crippen LogP contribution in [0.15, 0.2) is 12.3 Å². The third-order valence-electron chi connectivity index (χ3n) is 4.96. The smallest absolute Gasteiger partial charge is 0.0627 e. The molecule has 1 aromatic heterocycles. The van der Waals surface area contributed by atoms with Crippen LogP contribution in [0.1, 0.15) is 57.2 Å². The molecule has 0 amide bonds. The molecule has 0 spiro atoms. The van der Waals surface area contributed by atoms with Crippen LogP contribution < -0.4 is 0 Å². The SMILES string of the molecule is CC1C(Br)CCC1Cc1ccn(C2CCCC2)n1. The van der Waals surface area contributed by atoms with E-state index in [9.17, 15) is 0 Å². The predicted molar refractivity (Wildman–Crippen MR) is 78.0 cm³/mol. The molecule has 0 radical (unpaired) electrons. The number of hydrogen-bond donors (Lipinski definition) is 0. The van der Waals surface area contributed by atoms with E-state index >= 15 is 0 Å². The average molecular weight is 311 g/mol. The third-order valence-corrected chi connectivity index (χ3v) is 6.25. The average Bonchev–Trinajstić information content (AvgIpc) is 3.06. The topological polar surface area (TPSA) is 17.8 Å². The number of halogens is 1. The lowest BCUT2D eigenvalue weighted by Gasteiger charge is -2.16. The molecule has 2 aliphatic carbocycles. The second-order valence-corrected chi connectivity index (χ2v) is 7.32. The van der Waals surface area contributed by atoms with Gasteiger partial charge < -0.3 is 0 Å². The number of rotatable bonds is 3. The Labute approximate surface area is 118 Å². The van der Waals surface area contributed by atoms with Crippen LogP contribution in [0.5, 0.6) is 0 Å². The van der Waals surface area contributed by atoms with Crippen LogP contribution in [0.3, 0.4) is 0 Å². The molecule has 1 aromatic rings. The zero-order chi connectivity index (χ0) is 12.5. The molecule has 18 heavy (non-hydrogen) atoms. The standard InChI is InChI=1S/C15H23BrN2/c1-11-12(6-7-15(11)16)10-13-8-9-18(17-13)14-4-2-3-5-14/h8-9,11-12,14-15H,2-7,10H2,1H3. The minimum atomic E-state index is 0.684. The van der Waals surface area contributed by atoms with Crippen LogP contribution in [0, 0.1) is 11.8 Å². The van der Waals surface area contributed by atoms with Gasteiger partial charge in [0.1, 0.15) is 0 Å². The first kappa shape index (κ1) is 12.7. The maximum absolute atomic E-state index is 4.82. The molecule has 100 valence electrons. The van der Waals surface area contributed by atoms with Gasteiger partial charge in [0.25, 0.3) is 0 Å². The van der Waals surface area contributed by atoms with Crippen molar-refractivity contribution in [3.05, 3.63) is 18.0 Å². The van der Waals surface area contributed by atoms with E-state index in [2.05, 4.69) is 39.8 Å². The molecule has 1 heterocycles. The molecular formula is C15H23BrN2. The van der Waals surface area contributed by atoms with Crippen LogP contribution >= 0.6 is 15.9 Å². The minimum absolute atomic E-state index is 0.684. The lowest BCUT2D eigenvalue weighted by Crippen LogP contribution is -2.13. The summed E-state index contributed by atoms with van der Waals surface area (Å²) < 4.78 is 2.23. The largest absolute Gasteiger partial charge is 0.269 e. The molecule has 2 fully saturated rings. The zero-order valence-corrected chi connectivity index (χ0v) is 12.8. The number of alkyl halides is 1. The minimum Gasteiger partial charge on any atom is -0.269 e. The number of aromatic nitrogens is 2. The second kappa shape index (κ2) is 5.36. The molecule has 0 N–H and O–H groups in total. The Hall–Kier alpha value is -0.310. The Balaban J connectivity index is 1.63. The van der Waals surface area contributed by atoms with Gasteiger partial charge in [0.2, 0.25) is 0 Å². The van der Waals surface area contributed by atoms with Crippen molar-refractivity contribution in [2.75, 3.05) is 0 Å². The van der Waals surface area contributed by atoms with Crippen LogP contribution in [0.2, 0.25) is 0 Å². The lowest BCUT2D eigenvalue weighted by atomic mass is 9.93. The molecule has 0 aliphatic heterocycles. The first-order valence-electron chi connectivity index (χ1n) is 7.42. The molecule has 0 bridgehead atoms.